The molecular weight excluding hydrogens is 228 g/mol. The molecule has 0 radical (unpaired) electrons. The summed E-state index contributed by atoms with van der Waals surface area (Å²) in [7, 11) is 0. The molecule has 1 amide bonds. The van der Waals surface area contributed by atoms with Gasteiger partial charge in [-0.3, -0.25) is 4.79 Å². The summed E-state index contributed by atoms with van der Waals surface area (Å²) in [6.07, 6.45) is 2.26. The Bertz CT molecular complexity index is 437. The summed E-state index contributed by atoms with van der Waals surface area (Å²) in [6.45, 7) is 6.73. The number of aryl methyl sites for hydroxylation is 1. The maximum Gasteiger partial charge on any atom is 0.230 e. The van der Waals surface area contributed by atoms with Crippen molar-refractivity contribution < 1.29 is 9.21 Å². The second-order valence-corrected chi connectivity index (χ2v) is 5.80. The molecule has 1 saturated heterocycles. The lowest BCUT2D eigenvalue weighted by Gasteiger charge is -2.44. The molecule has 1 atom stereocenters. The number of hydrogen-bond donors (Lipinski definition) is 1. The van der Waals surface area contributed by atoms with Crippen molar-refractivity contribution in [3.63, 3.8) is 0 Å². The standard InChI is InChI=1S/C14H22N2O2/c1-10-4-5-12(18-10)8-13(17)16-9-11(15)6-7-14(16,2)3/h4-5,11H,6-9,15H2,1-3H3. The summed E-state index contributed by atoms with van der Waals surface area (Å²) in [5.41, 5.74) is 5.86. The average Bonchev–Trinajstić information content (AvgIpc) is 2.67. The van der Waals surface area contributed by atoms with Crippen LogP contribution < -0.4 is 5.73 Å². The molecule has 18 heavy (non-hydrogen) atoms. The van der Waals surface area contributed by atoms with E-state index in [9.17, 15) is 4.79 Å². The maximum absolute atomic E-state index is 12.3. The van der Waals surface area contributed by atoms with Crippen molar-refractivity contribution in [1.29, 1.82) is 0 Å². The topological polar surface area (TPSA) is 59.5 Å². The van der Waals surface area contributed by atoms with Gasteiger partial charge in [0.1, 0.15) is 11.5 Å². The third-order valence-electron chi connectivity index (χ3n) is 3.70. The molecule has 4 nitrogen and oxygen atoms in total. The first-order valence-corrected chi connectivity index (χ1v) is 6.50. The molecule has 0 spiro atoms. The molecule has 0 aliphatic carbocycles. The molecule has 4 heteroatoms. The van der Waals surface area contributed by atoms with Crippen LogP contribution in [0.2, 0.25) is 0 Å². The van der Waals surface area contributed by atoms with Crippen molar-refractivity contribution in [3.05, 3.63) is 23.7 Å². The largest absolute Gasteiger partial charge is 0.466 e. The lowest BCUT2D eigenvalue weighted by atomic mass is 9.88. The molecule has 0 aromatic carbocycles. The number of likely N-dealkylation sites (tertiary alicyclic amines) is 1. The van der Waals surface area contributed by atoms with Crippen LogP contribution in [0.15, 0.2) is 16.5 Å². The van der Waals surface area contributed by atoms with E-state index in [4.69, 9.17) is 10.2 Å². The van der Waals surface area contributed by atoms with Crippen LogP contribution in [0, 0.1) is 6.92 Å². The second kappa shape index (κ2) is 4.76. The minimum atomic E-state index is -0.103. The Morgan fingerprint density at radius 1 is 1.56 bits per heavy atom. The van der Waals surface area contributed by atoms with Gasteiger partial charge in [0.15, 0.2) is 0 Å². The van der Waals surface area contributed by atoms with E-state index in [1.807, 2.05) is 24.0 Å². The van der Waals surface area contributed by atoms with Crippen molar-refractivity contribution in [1.82, 2.24) is 4.90 Å². The van der Waals surface area contributed by atoms with E-state index in [0.717, 1.165) is 24.4 Å². The van der Waals surface area contributed by atoms with Gasteiger partial charge in [0, 0.05) is 18.1 Å². The number of nitrogens with two attached hydrogens (primary N) is 1. The minimum absolute atomic E-state index is 0.0975. The second-order valence-electron chi connectivity index (χ2n) is 5.80. The number of nitrogens with zero attached hydrogens (tertiary/aromatic N) is 1. The molecule has 1 aliphatic rings. The summed E-state index contributed by atoms with van der Waals surface area (Å²) in [6, 6.07) is 3.85. The van der Waals surface area contributed by atoms with E-state index in [0.29, 0.717) is 13.0 Å². The maximum atomic E-state index is 12.3. The van der Waals surface area contributed by atoms with Gasteiger partial charge in [-0.25, -0.2) is 0 Å². The van der Waals surface area contributed by atoms with Crippen LogP contribution in [-0.4, -0.2) is 28.9 Å². The Balaban J connectivity index is 2.07. The van der Waals surface area contributed by atoms with Gasteiger partial charge in [0.05, 0.1) is 6.42 Å². The lowest BCUT2D eigenvalue weighted by Crippen LogP contribution is -2.57. The van der Waals surface area contributed by atoms with Gasteiger partial charge in [0.2, 0.25) is 5.91 Å². The third-order valence-corrected chi connectivity index (χ3v) is 3.70. The van der Waals surface area contributed by atoms with Crippen LogP contribution in [-0.2, 0) is 11.2 Å². The van der Waals surface area contributed by atoms with Crippen LogP contribution in [0.4, 0.5) is 0 Å². The fourth-order valence-electron chi connectivity index (χ4n) is 2.51. The third kappa shape index (κ3) is 2.75. The molecule has 1 aromatic rings. The van der Waals surface area contributed by atoms with E-state index in [1.165, 1.54) is 0 Å². The summed E-state index contributed by atoms with van der Waals surface area (Å²) in [5.74, 6) is 1.67. The molecule has 2 rings (SSSR count). The van der Waals surface area contributed by atoms with Gasteiger partial charge in [-0.05, 0) is 45.7 Å². The van der Waals surface area contributed by atoms with Crippen LogP contribution in [0.25, 0.3) is 0 Å². The number of carbonyl (C=O) groups is 1. The summed E-state index contributed by atoms with van der Waals surface area (Å²) in [5, 5.41) is 0. The number of rotatable bonds is 2. The Labute approximate surface area is 108 Å². The summed E-state index contributed by atoms with van der Waals surface area (Å²) >= 11 is 0. The molecule has 1 aliphatic heterocycles. The zero-order valence-corrected chi connectivity index (χ0v) is 11.4. The Morgan fingerprint density at radius 3 is 2.89 bits per heavy atom. The number of piperidine rings is 1. The fraction of sp³-hybridized carbons (Fsp3) is 0.643. The van der Waals surface area contributed by atoms with Gasteiger partial charge in [0.25, 0.3) is 0 Å². The predicted octanol–water partition coefficient (Wildman–Crippen LogP) is 1.86. The van der Waals surface area contributed by atoms with Crippen LogP contribution in [0.3, 0.4) is 0 Å². The highest BCUT2D eigenvalue weighted by Crippen LogP contribution is 2.27. The normalized spacial score (nSPS) is 23.1. The Hall–Kier alpha value is -1.29. The summed E-state index contributed by atoms with van der Waals surface area (Å²) in [4.78, 5) is 14.3. The minimum Gasteiger partial charge on any atom is -0.466 e. The van der Waals surface area contributed by atoms with Crippen molar-refractivity contribution in [3.8, 4) is 0 Å². The van der Waals surface area contributed by atoms with Crippen LogP contribution in [0.1, 0.15) is 38.2 Å². The SMILES string of the molecule is Cc1ccc(CC(=O)N2CC(N)CCC2(C)C)o1. The van der Waals surface area contributed by atoms with Gasteiger partial charge < -0.3 is 15.1 Å². The van der Waals surface area contributed by atoms with Gasteiger partial charge in [-0.1, -0.05) is 0 Å². The molecule has 2 N–H and O–H groups in total. The first-order chi connectivity index (χ1) is 8.38. The molecule has 0 bridgehead atoms. The lowest BCUT2D eigenvalue weighted by molar-refractivity contribution is -0.138. The van der Waals surface area contributed by atoms with Crippen molar-refractivity contribution in [2.45, 2.75) is 51.6 Å². The zero-order chi connectivity index (χ0) is 13.3. The predicted molar refractivity (Wildman–Crippen MR) is 70.2 cm³/mol. The molecule has 1 fully saturated rings. The number of amides is 1. The number of furan rings is 1. The van der Waals surface area contributed by atoms with Crippen molar-refractivity contribution in [2.24, 2.45) is 5.73 Å². The van der Waals surface area contributed by atoms with E-state index >= 15 is 0 Å². The molecule has 1 unspecified atom stereocenters. The molecule has 1 aromatic heterocycles. The van der Waals surface area contributed by atoms with E-state index in [1.54, 1.807) is 0 Å². The van der Waals surface area contributed by atoms with E-state index < -0.39 is 0 Å². The summed E-state index contributed by atoms with van der Waals surface area (Å²) < 4.78 is 5.46. The smallest absolute Gasteiger partial charge is 0.230 e. The quantitative estimate of drug-likeness (QED) is 0.871. The Kier molecular flexibility index (Phi) is 3.48. The first kappa shape index (κ1) is 13.1. The zero-order valence-electron chi connectivity index (χ0n) is 11.4. The van der Waals surface area contributed by atoms with E-state index in [-0.39, 0.29) is 17.5 Å². The van der Waals surface area contributed by atoms with Crippen molar-refractivity contribution >= 4 is 5.91 Å². The van der Waals surface area contributed by atoms with Gasteiger partial charge in [-0.15, -0.1) is 0 Å². The van der Waals surface area contributed by atoms with Crippen LogP contribution >= 0.6 is 0 Å². The van der Waals surface area contributed by atoms with Gasteiger partial charge in [-0.2, -0.15) is 0 Å². The Morgan fingerprint density at radius 2 is 2.28 bits per heavy atom. The highest BCUT2D eigenvalue weighted by Gasteiger charge is 2.36. The van der Waals surface area contributed by atoms with Crippen LogP contribution in [0.5, 0.6) is 0 Å². The molecular formula is C14H22N2O2. The van der Waals surface area contributed by atoms with Crippen molar-refractivity contribution in [2.75, 3.05) is 6.54 Å². The molecule has 0 saturated carbocycles. The highest BCUT2D eigenvalue weighted by molar-refractivity contribution is 5.79. The molecule has 100 valence electrons. The number of hydrogen-bond acceptors (Lipinski definition) is 3. The van der Waals surface area contributed by atoms with Gasteiger partial charge >= 0.3 is 0 Å². The van der Waals surface area contributed by atoms with E-state index in [2.05, 4.69) is 13.8 Å². The highest BCUT2D eigenvalue weighted by atomic mass is 16.3. The monoisotopic (exact) mass is 250 g/mol. The first-order valence-electron chi connectivity index (χ1n) is 6.50. The molecule has 2 heterocycles. The average molecular weight is 250 g/mol. The fourth-order valence-corrected chi connectivity index (χ4v) is 2.51. The number of carbonyl (C=O) groups excluding carboxylic acids is 1.